The van der Waals surface area contributed by atoms with Crippen molar-refractivity contribution in [2.75, 3.05) is 39.4 Å². The van der Waals surface area contributed by atoms with Gasteiger partial charge in [0.25, 0.3) is 5.91 Å². The quantitative estimate of drug-likeness (QED) is 0.518. The molecule has 0 N–H and O–H groups in total. The van der Waals surface area contributed by atoms with Crippen LogP contribution in [0.2, 0.25) is 0 Å². The van der Waals surface area contributed by atoms with Crippen LogP contribution >= 0.6 is 0 Å². The number of methoxy groups -OCH3 is 3. The topological polar surface area (TPSA) is 91.4 Å². The molecule has 9 heteroatoms. The highest BCUT2D eigenvalue weighted by molar-refractivity contribution is 7.91. The van der Waals surface area contributed by atoms with E-state index in [1.165, 1.54) is 21.3 Å². The molecule has 1 amide bonds. The van der Waals surface area contributed by atoms with Crippen molar-refractivity contribution in [2.24, 2.45) is 0 Å². The van der Waals surface area contributed by atoms with Gasteiger partial charge < -0.3 is 23.8 Å². The minimum absolute atomic E-state index is 0.0547. The summed E-state index contributed by atoms with van der Waals surface area (Å²) in [5.41, 5.74) is 1.21. The third-order valence-electron chi connectivity index (χ3n) is 5.56. The Kier molecular flexibility index (Phi) is 8.07. The van der Waals surface area contributed by atoms with Crippen LogP contribution in [0.4, 0.5) is 0 Å². The molecule has 2 aromatic carbocycles. The molecule has 0 radical (unpaired) electrons. The minimum atomic E-state index is -3.19. The number of ether oxygens (including phenoxy) is 4. The number of sulfone groups is 1. The van der Waals surface area contributed by atoms with E-state index in [-0.39, 0.29) is 24.0 Å². The molecule has 1 aliphatic heterocycles. The van der Waals surface area contributed by atoms with E-state index in [2.05, 4.69) is 0 Å². The summed E-state index contributed by atoms with van der Waals surface area (Å²) in [4.78, 5) is 15.1. The molecule has 1 heterocycles. The van der Waals surface area contributed by atoms with Crippen molar-refractivity contribution >= 4 is 15.7 Å². The summed E-state index contributed by atoms with van der Waals surface area (Å²) in [5.74, 6) is 1.85. The highest BCUT2D eigenvalue weighted by Gasteiger charge is 2.35. The predicted molar refractivity (Wildman–Crippen MR) is 125 cm³/mol. The summed E-state index contributed by atoms with van der Waals surface area (Å²) in [6.45, 7) is 2.82. The highest BCUT2D eigenvalue weighted by atomic mass is 32.2. The van der Waals surface area contributed by atoms with Crippen molar-refractivity contribution in [3.63, 3.8) is 0 Å². The number of hydrogen-bond acceptors (Lipinski definition) is 7. The van der Waals surface area contributed by atoms with Gasteiger partial charge in [-0.15, -0.1) is 0 Å². The number of hydrogen-bond donors (Lipinski definition) is 0. The summed E-state index contributed by atoms with van der Waals surface area (Å²) in [6, 6.07) is 10.0. The molecule has 8 nitrogen and oxygen atoms in total. The number of carbonyl (C=O) groups is 1. The number of nitrogens with zero attached hydrogens (tertiary/aromatic N) is 1. The highest BCUT2D eigenvalue weighted by Crippen LogP contribution is 2.39. The smallest absolute Gasteiger partial charge is 0.254 e. The van der Waals surface area contributed by atoms with Gasteiger partial charge in [0, 0.05) is 18.2 Å². The van der Waals surface area contributed by atoms with Crippen molar-refractivity contribution in [3.05, 3.63) is 47.5 Å². The predicted octanol–water partition coefficient (Wildman–Crippen LogP) is 3.33. The van der Waals surface area contributed by atoms with E-state index in [1.807, 2.05) is 6.92 Å². The van der Waals surface area contributed by atoms with E-state index in [9.17, 15) is 13.2 Å². The molecule has 33 heavy (non-hydrogen) atoms. The normalized spacial score (nSPS) is 16.8. The molecular weight excluding hydrogens is 446 g/mol. The van der Waals surface area contributed by atoms with Gasteiger partial charge in [0.1, 0.15) is 5.75 Å². The van der Waals surface area contributed by atoms with Crippen molar-refractivity contribution in [1.29, 1.82) is 0 Å². The molecular formula is C24H31NO7S. The number of amides is 1. The van der Waals surface area contributed by atoms with Crippen molar-refractivity contribution in [2.45, 2.75) is 32.4 Å². The first kappa shape index (κ1) is 24.7. The van der Waals surface area contributed by atoms with Gasteiger partial charge >= 0.3 is 0 Å². The third kappa shape index (κ3) is 5.90. The molecule has 1 aliphatic rings. The Morgan fingerprint density at radius 3 is 2.15 bits per heavy atom. The maximum absolute atomic E-state index is 13.5. The molecule has 0 aliphatic carbocycles. The van der Waals surface area contributed by atoms with E-state index in [0.717, 1.165) is 12.0 Å². The van der Waals surface area contributed by atoms with Crippen molar-refractivity contribution < 1.29 is 32.2 Å². The number of carbonyl (C=O) groups excluding carboxylic acids is 1. The molecule has 3 rings (SSSR count). The number of rotatable bonds is 10. The van der Waals surface area contributed by atoms with Crippen LogP contribution in [0.5, 0.6) is 23.0 Å². The molecule has 0 aromatic heterocycles. The lowest BCUT2D eigenvalue weighted by Gasteiger charge is -2.29. The van der Waals surface area contributed by atoms with Crippen molar-refractivity contribution in [3.8, 4) is 23.0 Å². The number of benzene rings is 2. The van der Waals surface area contributed by atoms with Gasteiger partial charge in [-0.05, 0) is 54.8 Å². The van der Waals surface area contributed by atoms with E-state index in [4.69, 9.17) is 18.9 Å². The standard InChI is InChI=1S/C24H31NO7S/c1-5-11-32-20-8-6-18(7-9-20)24(26)25(19-10-12-33(27,28)16-19)15-17-13-21(29-2)23(31-4)22(14-17)30-3/h6-9,13-14,19H,5,10-12,15-16H2,1-4H3. The molecule has 0 spiro atoms. The summed E-state index contributed by atoms with van der Waals surface area (Å²) in [6.07, 6.45) is 1.29. The van der Waals surface area contributed by atoms with Gasteiger partial charge in [-0.25, -0.2) is 8.42 Å². The maximum Gasteiger partial charge on any atom is 0.254 e. The van der Waals surface area contributed by atoms with E-state index in [0.29, 0.717) is 41.6 Å². The zero-order valence-corrected chi connectivity index (χ0v) is 20.3. The Balaban J connectivity index is 1.93. The fourth-order valence-corrected chi connectivity index (χ4v) is 5.62. The van der Waals surface area contributed by atoms with E-state index < -0.39 is 15.9 Å². The van der Waals surface area contributed by atoms with Crippen LogP contribution in [0.1, 0.15) is 35.7 Å². The van der Waals surface area contributed by atoms with Gasteiger partial charge in [-0.3, -0.25) is 4.79 Å². The molecule has 0 bridgehead atoms. The van der Waals surface area contributed by atoms with Crippen LogP contribution in [0, 0.1) is 0 Å². The zero-order valence-electron chi connectivity index (χ0n) is 19.5. The second-order valence-corrected chi connectivity index (χ2v) is 10.1. The van der Waals surface area contributed by atoms with Crippen LogP contribution in [0.15, 0.2) is 36.4 Å². The maximum atomic E-state index is 13.5. The first-order valence-corrected chi connectivity index (χ1v) is 12.7. The monoisotopic (exact) mass is 477 g/mol. The molecule has 1 saturated heterocycles. The molecule has 1 unspecified atom stereocenters. The SMILES string of the molecule is CCCOc1ccc(C(=O)N(Cc2cc(OC)c(OC)c(OC)c2)C2CCS(=O)(=O)C2)cc1. The lowest BCUT2D eigenvalue weighted by Crippen LogP contribution is -2.40. The first-order valence-electron chi connectivity index (χ1n) is 10.8. The third-order valence-corrected chi connectivity index (χ3v) is 7.31. The Labute approximate surface area is 195 Å². The van der Waals surface area contributed by atoms with Gasteiger partial charge in [-0.1, -0.05) is 6.92 Å². The van der Waals surface area contributed by atoms with Crippen LogP contribution < -0.4 is 18.9 Å². The summed E-state index contributed by atoms with van der Waals surface area (Å²) in [7, 11) is 1.38. The zero-order chi connectivity index (χ0) is 24.0. The Hall–Kier alpha value is -2.94. The van der Waals surface area contributed by atoms with Crippen LogP contribution in [0.3, 0.4) is 0 Å². The molecule has 1 fully saturated rings. The minimum Gasteiger partial charge on any atom is -0.494 e. The summed E-state index contributed by atoms with van der Waals surface area (Å²) < 4.78 is 46.2. The van der Waals surface area contributed by atoms with Crippen LogP contribution in [0.25, 0.3) is 0 Å². The van der Waals surface area contributed by atoms with Gasteiger partial charge in [0.15, 0.2) is 21.3 Å². The lowest BCUT2D eigenvalue weighted by atomic mass is 10.1. The first-order chi connectivity index (χ1) is 15.8. The Morgan fingerprint density at radius 2 is 1.67 bits per heavy atom. The largest absolute Gasteiger partial charge is 0.494 e. The average molecular weight is 478 g/mol. The van der Waals surface area contributed by atoms with Gasteiger partial charge in [-0.2, -0.15) is 0 Å². The van der Waals surface area contributed by atoms with Crippen LogP contribution in [-0.4, -0.2) is 64.7 Å². The summed E-state index contributed by atoms with van der Waals surface area (Å²) in [5, 5.41) is 0. The fourth-order valence-electron chi connectivity index (χ4n) is 3.89. The van der Waals surface area contributed by atoms with Gasteiger partial charge in [0.05, 0.1) is 39.4 Å². The fraction of sp³-hybridized carbons (Fsp3) is 0.458. The van der Waals surface area contributed by atoms with Gasteiger partial charge in [0.2, 0.25) is 5.75 Å². The van der Waals surface area contributed by atoms with E-state index >= 15 is 0 Å². The lowest BCUT2D eigenvalue weighted by molar-refractivity contribution is 0.0680. The van der Waals surface area contributed by atoms with Crippen molar-refractivity contribution in [1.82, 2.24) is 4.90 Å². The molecule has 180 valence electrons. The molecule has 1 atom stereocenters. The van der Waals surface area contributed by atoms with E-state index in [1.54, 1.807) is 41.3 Å². The average Bonchev–Trinajstić information content (AvgIpc) is 3.19. The second kappa shape index (κ2) is 10.8. The molecule has 2 aromatic rings. The Morgan fingerprint density at radius 1 is 1.03 bits per heavy atom. The molecule has 0 saturated carbocycles. The summed E-state index contributed by atoms with van der Waals surface area (Å²) >= 11 is 0. The second-order valence-electron chi connectivity index (χ2n) is 7.90. The van der Waals surface area contributed by atoms with Crippen LogP contribution in [-0.2, 0) is 16.4 Å². The Bertz CT molecular complexity index is 1040.